The average molecular weight is 350 g/mol. The first kappa shape index (κ1) is 16.3. The van der Waals surface area contributed by atoms with Crippen LogP contribution < -0.4 is 15.4 Å². The van der Waals surface area contributed by atoms with Crippen molar-refractivity contribution in [2.75, 3.05) is 26.2 Å². The number of rotatable bonds is 5. The van der Waals surface area contributed by atoms with E-state index >= 15 is 0 Å². The molecule has 1 atom stereocenters. The predicted octanol–water partition coefficient (Wildman–Crippen LogP) is 1.98. The molecule has 0 saturated carbocycles. The van der Waals surface area contributed by atoms with Crippen LogP contribution in [0, 0.1) is 5.92 Å². The lowest BCUT2D eigenvalue weighted by Crippen LogP contribution is -2.34. The van der Waals surface area contributed by atoms with E-state index in [0.717, 1.165) is 29.7 Å². The van der Waals surface area contributed by atoms with Crippen LogP contribution in [0.15, 0.2) is 28.7 Å². The maximum atomic E-state index is 11.7. The fraction of sp³-hybridized carbons (Fsp3) is 0.462. The van der Waals surface area contributed by atoms with Crippen LogP contribution in [-0.2, 0) is 4.79 Å². The molecule has 0 spiro atoms. The first-order valence-corrected chi connectivity index (χ1v) is 6.92. The summed E-state index contributed by atoms with van der Waals surface area (Å²) in [5, 5.41) is 6.07. The fourth-order valence-corrected chi connectivity index (χ4v) is 2.30. The number of carbonyl (C=O) groups is 1. The van der Waals surface area contributed by atoms with Gasteiger partial charge in [0.15, 0.2) is 0 Å². The summed E-state index contributed by atoms with van der Waals surface area (Å²) < 4.78 is 6.53. The van der Waals surface area contributed by atoms with Crippen molar-refractivity contribution in [1.82, 2.24) is 10.6 Å². The maximum absolute atomic E-state index is 11.7. The van der Waals surface area contributed by atoms with Crippen molar-refractivity contribution in [2.45, 2.75) is 6.42 Å². The fourth-order valence-electron chi connectivity index (χ4n) is 1.92. The molecule has 1 aromatic carbocycles. The average Bonchev–Trinajstić information content (AvgIpc) is 2.88. The molecule has 1 amide bonds. The molecule has 106 valence electrons. The second-order valence-electron chi connectivity index (χ2n) is 4.29. The van der Waals surface area contributed by atoms with E-state index in [2.05, 4.69) is 26.6 Å². The molecule has 6 heteroatoms. The Morgan fingerprint density at radius 1 is 1.53 bits per heavy atom. The molecule has 19 heavy (non-hydrogen) atoms. The van der Waals surface area contributed by atoms with Gasteiger partial charge in [0.05, 0.1) is 12.5 Å². The molecule has 1 unspecified atom stereocenters. The molecule has 2 N–H and O–H groups in total. The van der Waals surface area contributed by atoms with E-state index < -0.39 is 0 Å². The number of hydrogen-bond acceptors (Lipinski definition) is 3. The van der Waals surface area contributed by atoms with E-state index in [9.17, 15) is 4.79 Å². The molecule has 2 rings (SSSR count). The zero-order valence-electron chi connectivity index (χ0n) is 10.5. The Kier molecular flexibility index (Phi) is 7.20. The first-order chi connectivity index (χ1) is 8.75. The van der Waals surface area contributed by atoms with Gasteiger partial charge in [-0.3, -0.25) is 4.79 Å². The molecule has 0 aliphatic carbocycles. The van der Waals surface area contributed by atoms with Crippen molar-refractivity contribution in [3.05, 3.63) is 28.7 Å². The lowest BCUT2D eigenvalue weighted by Gasteiger charge is -2.10. The van der Waals surface area contributed by atoms with Gasteiger partial charge in [0.1, 0.15) is 12.4 Å². The Morgan fingerprint density at radius 3 is 3.05 bits per heavy atom. The number of nitrogens with one attached hydrogen (secondary N) is 2. The van der Waals surface area contributed by atoms with Gasteiger partial charge in [0.2, 0.25) is 5.91 Å². The molecule has 0 aromatic heterocycles. The van der Waals surface area contributed by atoms with Crippen molar-refractivity contribution in [2.24, 2.45) is 5.92 Å². The summed E-state index contributed by atoms with van der Waals surface area (Å²) in [4.78, 5) is 11.7. The molecular formula is C13H18BrClN2O2. The monoisotopic (exact) mass is 348 g/mol. The lowest BCUT2D eigenvalue weighted by molar-refractivity contribution is -0.124. The summed E-state index contributed by atoms with van der Waals surface area (Å²) in [5.74, 6) is 1.05. The quantitative estimate of drug-likeness (QED) is 0.799. The third-order valence-electron chi connectivity index (χ3n) is 2.90. The SMILES string of the molecule is Cl.O=C(NCCOc1cccc(Br)c1)C1CCNC1. The van der Waals surface area contributed by atoms with Gasteiger partial charge in [-0.05, 0) is 31.2 Å². The zero-order valence-corrected chi connectivity index (χ0v) is 12.9. The Bertz CT molecular complexity index is 411. The van der Waals surface area contributed by atoms with Crippen molar-refractivity contribution in [3.63, 3.8) is 0 Å². The lowest BCUT2D eigenvalue weighted by atomic mass is 10.1. The van der Waals surface area contributed by atoms with Gasteiger partial charge in [0, 0.05) is 11.0 Å². The summed E-state index contributed by atoms with van der Waals surface area (Å²) in [7, 11) is 0. The summed E-state index contributed by atoms with van der Waals surface area (Å²) in [5.41, 5.74) is 0. The summed E-state index contributed by atoms with van der Waals surface area (Å²) >= 11 is 3.38. The van der Waals surface area contributed by atoms with Gasteiger partial charge in [-0.15, -0.1) is 12.4 Å². The molecule has 1 aromatic rings. The molecular weight excluding hydrogens is 332 g/mol. The van der Waals surface area contributed by atoms with E-state index in [-0.39, 0.29) is 24.2 Å². The van der Waals surface area contributed by atoms with Crippen LogP contribution in [0.25, 0.3) is 0 Å². The van der Waals surface area contributed by atoms with Crippen LogP contribution in [0.3, 0.4) is 0 Å². The van der Waals surface area contributed by atoms with Gasteiger partial charge in [-0.1, -0.05) is 22.0 Å². The molecule has 1 aliphatic rings. The standard InChI is InChI=1S/C13H17BrN2O2.ClH/c14-11-2-1-3-12(8-11)18-7-6-16-13(17)10-4-5-15-9-10;/h1-3,8,10,15H,4-7,9H2,(H,16,17);1H. The zero-order chi connectivity index (χ0) is 12.8. The minimum absolute atomic E-state index is 0. The van der Waals surface area contributed by atoms with Gasteiger partial charge < -0.3 is 15.4 Å². The van der Waals surface area contributed by atoms with E-state index in [1.54, 1.807) is 0 Å². The highest BCUT2D eigenvalue weighted by Crippen LogP contribution is 2.17. The van der Waals surface area contributed by atoms with E-state index in [1.165, 1.54) is 0 Å². The van der Waals surface area contributed by atoms with Crippen LogP contribution in [0.4, 0.5) is 0 Å². The first-order valence-electron chi connectivity index (χ1n) is 6.12. The highest BCUT2D eigenvalue weighted by atomic mass is 79.9. The van der Waals surface area contributed by atoms with Gasteiger partial charge in [-0.2, -0.15) is 0 Å². The van der Waals surface area contributed by atoms with Gasteiger partial charge in [0.25, 0.3) is 0 Å². The Balaban J connectivity index is 0.00000180. The molecule has 1 fully saturated rings. The second kappa shape index (κ2) is 8.40. The normalized spacial score (nSPS) is 17.6. The molecule has 1 aliphatic heterocycles. The summed E-state index contributed by atoms with van der Waals surface area (Å²) in [6, 6.07) is 7.67. The Labute approximate surface area is 127 Å². The van der Waals surface area contributed by atoms with Crippen molar-refractivity contribution in [3.8, 4) is 5.75 Å². The molecule has 1 saturated heterocycles. The third-order valence-corrected chi connectivity index (χ3v) is 3.39. The number of amides is 1. The van der Waals surface area contributed by atoms with Gasteiger partial charge >= 0.3 is 0 Å². The van der Waals surface area contributed by atoms with Crippen LogP contribution in [-0.4, -0.2) is 32.1 Å². The highest BCUT2D eigenvalue weighted by molar-refractivity contribution is 9.10. The maximum Gasteiger partial charge on any atom is 0.224 e. The van der Waals surface area contributed by atoms with E-state index in [0.29, 0.717) is 13.2 Å². The topological polar surface area (TPSA) is 50.4 Å². The summed E-state index contributed by atoms with van der Waals surface area (Å²) in [6.45, 7) is 2.76. The molecule has 0 bridgehead atoms. The van der Waals surface area contributed by atoms with Crippen LogP contribution >= 0.6 is 28.3 Å². The van der Waals surface area contributed by atoms with Gasteiger partial charge in [-0.25, -0.2) is 0 Å². The number of benzene rings is 1. The Morgan fingerprint density at radius 2 is 2.37 bits per heavy atom. The molecule has 1 heterocycles. The number of carbonyl (C=O) groups excluding carboxylic acids is 1. The highest BCUT2D eigenvalue weighted by Gasteiger charge is 2.21. The smallest absolute Gasteiger partial charge is 0.224 e. The number of hydrogen-bond donors (Lipinski definition) is 2. The van der Waals surface area contributed by atoms with Crippen molar-refractivity contribution in [1.29, 1.82) is 0 Å². The largest absolute Gasteiger partial charge is 0.492 e. The Hall–Kier alpha value is -0.780. The van der Waals surface area contributed by atoms with Crippen LogP contribution in [0.2, 0.25) is 0 Å². The van der Waals surface area contributed by atoms with Crippen LogP contribution in [0.5, 0.6) is 5.75 Å². The molecule has 4 nitrogen and oxygen atoms in total. The second-order valence-corrected chi connectivity index (χ2v) is 5.20. The van der Waals surface area contributed by atoms with Crippen LogP contribution in [0.1, 0.15) is 6.42 Å². The van der Waals surface area contributed by atoms with Crippen molar-refractivity contribution < 1.29 is 9.53 Å². The number of ether oxygens (including phenoxy) is 1. The number of halogens is 2. The molecule has 0 radical (unpaired) electrons. The van der Waals surface area contributed by atoms with E-state index in [4.69, 9.17) is 4.74 Å². The minimum atomic E-state index is 0. The van der Waals surface area contributed by atoms with E-state index in [1.807, 2.05) is 24.3 Å². The summed E-state index contributed by atoms with van der Waals surface area (Å²) in [6.07, 6.45) is 0.929. The third kappa shape index (κ3) is 5.38. The predicted molar refractivity (Wildman–Crippen MR) is 80.9 cm³/mol. The minimum Gasteiger partial charge on any atom is -0.492 e. The van der Waals surface area contributed by atoms with Crippen molar-refractivity contribution >= 4 is 34.2 Å².